The van der Waals surface area contributed by atoms with Crippen molar-refractivity contribution < 1.29 is 19.4 Å². The molecule has 108 valence electrons. The lowest BCUT2D eigenvalue weighted by Gasteiger charge is -2.26. The predicted octanol–water partition coefficient (Wildman–Crippen LogP) is 0.487. The van der Waals surface area contributed by atoms with Gasteiger partial charge in [0.15, 0.2) is 0 Å². The summed E-state index contributed by atoms with van der Waals surface area (Å²) < 4.78 is 5.69. The largest absolute Gasteiger partial charge is 0.393 e. The van der Waals surface area contributed by atoms with Crippen molar-refractivity contribution >= 4 is 11.8 Å². The fraction of sp³-hybridized carbons (Fsp3) is 0.375. The molecule has 1 aromatic rings. The molecule has 5 heteroatoms. The fourth-order valence-corrected chi connectivity index (χ4v) is 3.67. The molecule has 0 radical (unpaired) electrons. The first-order chi connectivity index (χ1) is 10.2. The number of ether oxygens (including phenoxy) is 1. The van der Waals surface area contributed by atoms with Crippen molar-refractivity contribution in [3.63, 3.8) is 0 Å². The van der Waals surface area contributed by atoms with Crippen molar-refractivity contribution in [3.8, 4) is 0 Å². The van der Waals surface area contributed by atoms with Crippen molar-refractivity contribution in [1.82, 2.24) is 4.90 Å². The molecule has 0 aromatic heterocycles. The topological polar surface area (TPSA) is 66.8 Å². The Morgan fingerprint density at radius 2 is 1.95 bits per heavy atom. The van der Waals surface area contributed by atoms with Gasteiger partial charge in [-0.15, -0.1) is 0 Å². The van der Waals surface area contributed by atoms with Crippen molar-refractivity contribution in [2.24, 2.45) is 11.8 Å². The number of nitrogens with zero attached hydrogens (tertiary/aromatic N) is 1. The van der Waals surface area contributed by atoms with Gasteiger partial charge in [-0.1, -0.05) is 42.5 Å². The van der Waals surface area contributed by atoms with Crippen LogP contribution in [0.3, 0.4) is 0 Å². The summed E-state index contributed by atoms with van der Waals surface area (Å²) in [5.41, 5.74) is -0.0912. The first-order valence-corrected chi connectivity index (χ1v) is 7.03. The number of amides is 2. The third kappa shape index (κ3) is 1.58. The summed E-state index contributed by atoms with van der Waals surface area (Å²) in [4.78, 5) is 26.5. The molecule has 3 aliphatic rings. The van der Waals surface area contributed by atoms with E-state index in [9.17, 15) is 14.7 Å². The third-order valence-corrected chi connectivity index (χ3v) is 4.68. The van der Waals surface area contributed by atoms with E-state index in [1.807, 2.05) is 30.3 Å². The van der Waals surface area contributed by atoms with Crippen LogP contribution in [0.1, 0.15) is 5.56 Å². The minimum absolute atomic E-state index is 0.196. The molecule has 3 aliphatic heterocycles. The van der Waals surface area contributed by atoms with E-state index in [0.29, 0.717) is 0 Å². The Kier molecular flexibility index (Phi) is 2.58. The van der Waals surface area contributed by atoms with E-state index < -0.39 is 17.4 Å². The molecular weight excluding hydrogens is 270 g/mol. The first-order valence-electron chi connectivity index (χ1n) is 7.03. The molecular formula is C16H15NO4. The minimum Gasteiger partial charge on any atom is -0.393 e. The molecule has 0 saturated carbocycles. The molecule has 4 rings (SSSR count). The van der Waals surface area contributed by atoms with Gasteiger partial charge in [0.05, 0.1) is 31.1 Å². The van der Waals surface area contributed by atoms with Crippen molar-refractivity contribution in [2.45, 2.75) is 18.2 Å². The smallest absolute Gasteiger partial charge is 0.236 e. The Morgan fingerprint density at radius 1 is 1.19 bits per heavy atom. The average Bonchev–Trinajstić information content (AvgIpc) is 3.15. The lowest BCUT2D eigenvalue weighted by Crippen LogP contribution is -2.43. The molecule has 0 aliphatic carbocycles. The Bertz CT molecular complexity index is 641. The molecule has 21 heavy (non-hydrogen) atoms. The van der Waals surface area contributed by atoms with Crippen LogP contribution in [0, 0.1) is 11.8 Å². The summed E-state index contributed by atoms with van der Waals surface area (Å²) in [5.74, 6) is -1.51. The van der Waals surface area contributed by atoms with Gasteiger partial charge < -0.3 is 9.84 Å². The predicted molar refractivity (Wildman–Crippen MR) is 72.8 cm³/mol. The van der Waals surface area contributed by atoms with Crippen molar-refractivity contribution in [3.05, 3.63) is 48.0 Å². The van der Waals surface area contributed by atoms with Crippen LogP contribution in [0.4, 0.5) is 0 Å². The fourth-order valence-electron chi connectivity index (χ4n) is 3.67. The van der Waals surface area contributed by atoms with Gasteiger partial charge in [-0.3, -0.25) is 14.5 Å². The quantitative estimate of drug-likeness (QED) is 0.648. The molecule has 1 aromatic carbocycles. The summed E-state index contributed by atoms with van der Waals surface area (Å²) in [7, 11) is 0. The van der Waals surface area contributed by atoms with Crippen LogP contribution in [-0.4, -0.2) is 40.1 Å². The summed E-state index contributed by atoms with van der Waals surface area (Å²) in [6, 6.07) is 9.43. The summed E-state index contributed by atoms with van der Waals surface area (Å²) in [6.45, 7) is -0.000894. The monoisotopic (exact) mass is 285 g/mol. The highest BCUT2D eigenvalue weighted by Gasteiger charge is 2.67. The minimum atomic E-state index is -1.01. The van der Waals surface area contributed by atoms with Crippen LogP contribution in [0.15, 0.2) is 42.5 Å². The molecule has 3 heterocycles. The van der Waals surface area contributed by atoms with Gasteiger partial charge in [-0.05, 0) is 5.56 Å². The maximum atomic E-state index is 12.6. The van der Waals surface area contributed by atoms with Crippen LogP contribution >= 0.6 is 0 Å². The zero-order chi connectivity index (χ0) is 14.6. The van der Waals surface area contributed by atoms with Crippen molar-refractivity contribution in [1.29, 1.82) is 0 Å². The molecule has 0 unspecified atom stereocenters. The highest BCUT2D eigenvalue weighted by Crippen LogP contribution is 2.51. The lowest BCUT2D eigenvalue weighted by molar-refractivity contribution is -0.146. The molecule has 2 fully saturated rings. The molecule has 5 nitrogen and oxygen atoms in total. The standard InChI is InChI=1S/C16H15NO4/c18-9-16-7-6-11(21-16)12-13(16)15(20)17(14(12)19)8-10-4-2-1-3-5-10/h1-7,11-13,18H,8-9H2/t11-,12-,13+,16+/m1/s1. The molecule has 1 N–H and O–H groups in total. The lowest BCUT2D eigenvalue weighted by atomic mass is 9.77. The second-order valence-corrected chi connectivity index (χ2v) is 5.81. The maximum Gasteiger partial charge on any atom is 0.236 e. The highest BCUT2D eigenvalue weighted by atomic mass is 16.5. The average molecular weight is 285 g/mol. The van der Waals surface area contributed by atoms with E-state index in [0.717, 1.165) is 5.56 Å². The van der Waals surface area contributed by atoms with Gasteiger partial charge in [0, 0.05) is 0 Å². The number of rotatable bonds is 3. The van der Waals surface area contributed by atoms with Crippen LogP contribution in [-0.2, 0) is 20.9 Å². The summed E-state index contributed by atoms with van der Waals surface area (Å²) in [5, 5.41) is 9.61. The number of fused-ring (bicyclic) bond motifs is 5. The number of imide groups is 1. The summed E-state index contributed by atoms with van der Waals surface area (Å²) in [6.07, 6.45) is 3.13. The van der Waals surface area contributed by atoms with Crippen LogP contribution in [0.2, 0.25) is 0 Å². The SMILES string of the molecule is O=C1[C@H]2[C@@H](C(=O)N1Cc1ccccc1)[C@@]1(CO)C=C[C@H]2O1. The Labute approximate surface area is 121 Å². The van der Waals surface area contributed by atoms with E-state index in [2.05, 4.69) is 0 Å². The third-order valence-electron chi connectivity index (χ3n) is 4.68. The molecule has 0 spiro atoms. The second-order valence-electron chi connectivity index (χ2n) is 5.81. The van der Waals surface area contributed by atoms with Crippen molar-refractivity contribution in [2.75, 3.05) is 6.61 Å². The number of hydrogen-bond acceptors (Lipinski definition) is 4. The zero-order valence-electron chi connectivity index (χ0n) is 11.3. The number of benzene rings is 1. The van der Waals surface area contributed by atoms with Crippen LogP contribution < -0.4 is 0 Å². The second kappa shape index (κ2) is 4.26. The van der Waals surface area contributed by atoms with Gasteiger partial charge in [0.25, 0.3) is 0 Å². The highest BCUT2D eigenvalue weighted by molar-refractivity contribution is 6.07. The molecule has 2 amide bonds. The van der Waals surface area contributed by atoms with Crippen LogP contribution in [0.5, 0.6) is 0 Å². The molecule has 4 atom stereocenters. The number of carbonyl (C=O) groups is 2. The number of likely N-dealkylation sites (tertiary alicyclic amines) is 1. The van der Waals surface area contributed by atoms with E-state index in [4.69, 9.17) is 4.74 Å². The Balaban J connectivity index is 1.66. The van der Waals surface area contributed by atoms with Gasteiger partial charge in [-0.25, -0.2) is 0 Å². The van der Waals surface area contributed by atoms with Crippen LogP contribution in [0.25, 0.3) is 0 Å². The molecule has 2 bridgehead atoms. The Hall–Kier alpha value is -1.98. The molecule has 2 saturated heterocycles. The maximum absolute atomic E-state index is 12.6. The van der Waals surface area contributed by atoms with E-state index in [1.165, 1.54) is 4.90 Å². The van der Waals surface area contributed by atoms with Gasteiger partial charge >= 0.3 is 0 Å². The van der Waals surface area contributed by atoms with Gasteiger partial charge in [0.1, 0.15) is 5.60 Å². The van der Waals surface area contributed by atoms with E-state index >= 15 is 0 Å². The first kappa shape index (κ1) is 12.7. The Morgan fingerprint density at radius 3 is 2.67 bits per heavy atom. The van der Waals surface area contributed by atoms with Gasteiger partial charge in [-0.2, -0.15) is 0 Å². The normalized spacial score (nSPS) is 36.6. The van der Waals surface area contributed by atoms with E-state index in [-0.39, 0.29) is 31.1 Å². The number of aliphatic hydroxyl groups is 1. The summed E-state index contributed by atoms with van der Waals surface area (Å²) >= 11 is 0. The van der Waals surface area contributed by atoms with E-state index in [1.54, 1.807) is 12.2 Å². The van der Waals surface area contributed by atoms with Gasteiger partial charge in [0.2, 0.25) is 11.8 Å². The number of aliphatic hydroxyl groups excluding tert-OH is 1. The zero-order valence-corrected chi connectivity index (χ0v) is 11.3. The number of carbonyl (C=O) groups excluding carboxylic acids is 2. The number of hydrogen-bond donors (Lipinski definition) is 1.